The van der Waals surface area contributed by atoms with E-state index in [0.29, 0.717) is 39.5 Å². The summed E-state index contributed by atoms with van der Waals surface area (Å²) in [7, 11) is -3.82. The molecular formula is C43H59BrN2O4S. The molecule has 4 saturated carbocycles. The van der Waals surface area contributed by atoms with Crippen molar-refractivity contribution in [3.8, 4) is 0 Å². The lowest BCUT2D eigenvalue weighted by Crippen LogP contribution is -3.00. The third kappa shape index (κ3) is 8.53. The highest BCUT2D eigenvalue weighted by Gasteiger charge is 2.54. The van der Waals surface area contributed by atoms with Crippen LogP contribution in [-0.4, -0.2) is 20.0 Å². The summed E-state index contributed by atoms with van der Waals surface area (Å²) >= 11 is 0. The lowest BCUT2D eigenvalue weighted by molar-refractivity contribution is -0.697. The Bertz CT molecular complexity index is 1660. The number of aryl methyl sites for hydroxylation is 1. The maximum absolute atomic E-state index is 14.3. The van der Waals surface area contributed by atoms with Crippen molar-refractivity contribution < 1.29 is 39.5 Å². The molecule has 4 aliphatic carbocycles. The number of hydrogen-bond acceptors (Lipinski definition) is 5. The number of fused-ring (bicyclic) bond motifs is 2. The highest BCUT2D eigenvalue weighted by molar-refractivity contribution is 7.96. The molecule has 1 atom stereocenters. The molecule has 51 heavy (non-hydrogen) atoms. The number of benzene rings is 1. The van der Waals surface area contributed by atoms with E-state index in [9.17, 15) is 13.2 Å². The highest BCUT2D eigenvalue weighted by atomic mass is 79.9. The molecule has 1 N–H and O–H groups in total. The van der Waals surface area contributed by atoms with E-state index in [1.54, 1.807) is 18.3 Å². The van der Waals surface area contributed by atoms with Gasteiger partial charge >= 0.3 is 5.97 Å². The second kappa shape index (κ2) is 17.1. The van der Waals surface area contributed by atoms with Gasteiger partial charge in [0.1, 0.15) is 12.1 Å². The first-order valence-electron chi connectivity index (χ1n) is 20.1. The van der Waals surface area contributed by atoms with Gasteiger partial charge in [0.25, 0.3) is 0 Å². The molecule has 8 heteroatoms. The summed E-state index contributed by atoms with van der Waals surface area (Å²) in [4.78, 5) is 14.9. The minimum atomic E-state index is -3.82. The Balaban J connectivity index is 0.00000448. The Morgan fingerprint density at radius 2 is 1.37 bits per heavy atom. The fourth-order valence-corrected chi connectivity index (χ4v) is 12.3. The summed E-state index contributed by atoms with van der Waals surface area (Å²) in [5.74, 6) is 0.833. The van der Waals surface area contributed by atoms with E-state index in [2.05, 4.69) is 29.2 Å². The molecule has 4 fully saturated rings. The molecule has 1 aromatic heterocycles. The Morgan fingerprint density at radius 3 is 1.98 bits per heavy atom. The molecule has 0 radical (unpaired) electrons. The van der Waals surface area contributed by atoms with Crippen molar-refractivity contribution in [1.29, 1.82) is 0 Å². The third-order valence-corrected chi connectivity index (χ3v) is 14.4. The van der Waals surface area contributed by atoms with Crippen LogP contribution in [0.2, 0.25) is 0 Å². The Kier molecular flexibility index (Phi) is 12.9. The number of ether oxygens (including phenoxy) is 1. The molecule has 2 aromatic rings. The van der Waals surface area contributed by atoms with Crippen molar-refractivity contribution in [1.82, 2.24) is 5.32 Å². The summed E-state index contributed by atoms with van der Waals surface area (Å²) in [6.07, 6.45) is 31.1. The van der Waals surface area contributed by atoms with E-state index in [-0.39, 0.29) is 27.9 Å². The number of carbonyl (C=O) groups is 1. The average Bonchev–Trinajstić information content (AvgIpc) is 3.33. The van der Waals surface area contributed by atoms with Crippen LogP contribution in [0.3, 0.4) is 0 Å². The number of halogens is 1. The first-order valence-corrected chi connectivity index (χ1v) is 21.6. The first-order chi connectivity index (χ1) is 24.4. The minimum absolute atomic E-state index is 0. The topological polar surface area (TPSA) is 76.3 Å². The summed E-state index contributed by atoms with van der Waals surface area (Å²) in [6, 6.07) is 11.1. The molecule has 0 spiro atoms. The zero-order valence-electron chi connectivity index (χ0n) is 30.7. The zero-order chi connectivity index (χ0) is 34.6. The molecule has 1 unspecified atom stereocenters. The van der Waals surface area contributed by atoms with Gasteiger partial charge in [-0.05, 0) is 74.8 Å². The van der Waals surface area contributed by atoms with Crippen molar-refractivity contribution in [2.45, 2.75) is 158 Å². The number of sulfone groups is 1. The van der Waals surface area contributed by atoms with Gasteiger partial charge in [-0.2, -0.15) is 0 Å². The Morgan fingerprint density at radius 1 is 0.804 bits per heavy atom. The maximum Gasteiger partial charge on any atom is 0.337 e. The molecule has 2 aliphatic heterocycles. The van der Waals surface area contributed by atoms with E-state index in [1.807, 2.05) is 24.3 Å². The van der Waals surface area contributed by atoms with Crippen molar-refractivity contribution in [3.05, 3.63) is 76.6 Å². The first kappa shape index (κ1) is 38.3. The van der Waals surface area contributed by atoms with E-state index in [1.165, 1.54) is 103 Å². The second-order valence-electron chi connectivity index (χ2n) is 16.4. The van der Waals surface area contributed by atoms with Crippen LogP contribution in [-0.2, 0) is 25.9 Å². The van der Waals surface area contributed by atoms with Crippen LogP contribution < -0.4 is 26.9 Å². The van der Waals surface area contributed by atoms with E-state index >= 15 is 0 Å². The van der Waals surface area contributed by atoms with E-state index < -0.39 is 21.4 Å². The second-order valence-corrected chi connectivity index (χ2v) is 18.3. The SMILES string of the molecule is CCCCCCCCCCCCCCCC[n+]1cccc(C2C(C(=O)OC34CC5CC(CC(C5)C3)C4)=CNC3=C2S(=O)(=O)c2ccccc23)c1.[Br-]. The van der Waals surface area contributed by atoms with Gasteiger partial charge in [-0.1, -0.05) is 102 Å². The van der Waals surface area contributed by atoms with Crippen molar-refractivity contribution in [2.24, 2.45) is 17.8 Å². The molecule has 6 nitrogen and oxygen atoms in total. The molecule has 8 rings (SSSR count). The third-order valence-electron chi connectivity index (χ3n) is 12.4. The van der Waals surface area contributed by atoms with Gasteiger partial charge in [0.05, 0.1) is 27.0 Å². The van der Waals surface area contributed by atoms with Crippen LogP contribution in [0, 0.1) is 17.8 Å². The molecule has 3 heterocycles. The standard InChI is InChI=1S/C43H58N2O4S.BrH/c1-2-3-4-5-6-7-8-9-10-11-12-13-14-17-22-45-23-18-19-35(31-45)39-37(30-44-40-36-20-15-16-21-38(36)50(47,48)41(39)40)42(46)49-43-27-32-24-33(28-43)26-34(25-32)29-43;/h15-16,18-21,23,30-34,39H,2-14,17,22,24-29H2,1H3;1H. The lowest BCUT2D eigenvalue weighted by atomic mass is 9.54. The number of esters is 1. The molecule has 6 aliphatic rings. The molecule has 278 valence electrons. The van der Waals surface area contributed by atoms with Crippen LogP contribution in [0.5, 0.6) is 0 Å². The van der Waals surface area contributed by atoms with Crippen molar-refractivity contribution >= 4 is 21.5 Å². The number of nitrogens with zero attached hydrogens (tertiary/aromatic N) is 1. The number of allylic oxidation sites excluding steroid dienone is 1. The normalized spacial score (nSPS) is 26.6. The lowest BCUT2D eigenvalue weighted by Gasteiger charge is -2.55. The number of rotatable bonds is 18. The van der Waals surface area contributed by atoms with Crippen molar-refractivity contribution in [3.63, 3.8) is 0 Å². The fraction of sp³-hybridized carbons (Fsp3) is 0.628. The number of hydrogen-bond donors (Lipinski definition) is 1. The number of dihydropyridines is 1. The maximum atomic E-state index is 14.3. The van der Waals surface area contributed by atoms with E-state index in [4.69, 9.17) is 4.74 Å². The van der Waals surface area contributed by atoms with Gasteiger partial charge in [0.2, 0.25) is 9.84 Å². The number of unbranched alkanes of at least 4 members (excludes halogenated alkanes) is 13. The summed E-state index contributed by atoms with van der Waals surface area (Å²) in [6.45, 7) is 3.15. The van der Waals surface area contributed by atoms with Crippen LogP contribution >= 0.6 is 0 Å². The zero-order valence-corrected chi connectivity index (χ0v) is 33.1. The summed E-state index contributed by atoms with van der Waals surface area (Å²) in [5.41, 5.74) is 2.05. The van der Waals surface area contributed by atoms with Gasteiger partial charge < -0.3 is 27.0 Å². The predicted octanol–water partition coefficient (Wildman–Crippen LogP) is 6.70. The summed E-state index contributed by atoms with van der Waals surface area (Å²) < 4.78 is 37.1. The molecular weight excluding hydrogens is 720 g/mol. The minimum Gasteiger partial charge on any atom is -1.00 e. The fourth-order valence-electron chi connectivity index (χ4n) is 10.4. The van der Waals surface area contributed by atoms with Gasteiger partial charge in [0.15, 0.2) is 12.4 Å². The quantitative estimate of drug-likeness (QED) is 0.104. The van der Waals surface area contributed by atoms with Crippen LogP contribution in [0.15, 0.2) is 70.4 Å². The smallest absolute Gasteiger partial charge is 0.337 e. The summed E-state index contributed by atoms with van der Waals surface area (Å²) in [5, 5.41) is 3.26. The highest BCUT2D eigenvalue weighted by Crippen LogP contribution is 2.58. The Labute approximate surface area is 317 Å². The molecule has 0 saturated heterocycles. The van der Waals surface area contributed by atoms with Crippen LogP contribution in [0.25, 0.3) is 5.70 Å². The molecule has 0 amide bonds. The van der Waals surface area contributed by atoms with Gasteiger partial charge in [0, 0.05) is 29.8 Å². The number of pyridine rings is 1. The van der Waals surface area contributed by atoms with Gasteiger partial charge in [-0.15, -0.1) is 0 Å². The van der Waals surface area contributed by atoms with Gasteiger partial charge in [-0.3, -0.25) is 0 Å². The van der Waals surface area contributed by atoms with E-state index in [0.717, 1.165) is 37.8 Å². The van der Waals surface area contributed by atoms with Crippen LogP contribution in [0.4, 0.5) is 0 Å². The number of nitrogens with one attached hydrogen (secondary N) is 1. The molecule has 4 bridgehead atoms. The number of carbonyl (C=O) groups excluding carboxylic acids is 1. The average molecular weight is 780 g/mol. The van der Waals surface area contributed by atoms with Crippen molar-refractivity contribution in [2.75, 3.05) is 0 Å². The predicted molar refractivity (Wildman–Crippen MR) is 198 cm³/mol. The largest absolute Gasteiger partial charge is 1.00 e. The molecule has 1 aromatic carbocycles. The van der Waals surface area contributed by atoms with Gasteiger partial charge in [-0.25, -0.2) is 17.8 Å². The van der Waals surface area contributed by atoms with Crippen LogP contribution in [0.1, 0.15) is 152 Å². The monoisotopic (exact) mass is 778 g/mol. The Hall–Kier alpha value is -2.45. The number of aromatic nitrogens is 1.